The predicted molar refractivity (Wildman–Crippen MR) is 228 cm³/mol. The number of hydrogen-bond acceptors (Lipinski definition) is 7. The first-order chi connectivity index (χ1) is 27.0. The quantitative estimate of drug-likeness (QED) is 0.122. The maximum atomic E-state index is 6.57. The molecule has 0 radical (unpaired) electrons. The molecule has 0 saturated carbocycles. The van der Waals surface area contributed by atoms with Crippen molar-refractivity contribution in [2.24, 2.45) is 0 Å². The second kappa shape index (κ2) is 15.2. The van der Waals surface area contributed by atoms with Crippen LogP contribution >= 0.6 is 0 Å². The summed E-state index contributed by atoms with van der Waals surface area (Å²) in [4.78, 5) is 21.0. The van der Waals surface area contributed by atoms with Crippen molar-refractivity contribution in [1.82, 2.24) is 15.0 Å². The first-order valence-electron chi connectivity index (χ1n) is 18.8. The molecule has 0 atom stereocenters. The van der Waals surface area contributed by atoms with E-state index in [-0.39, 0.29) is 46.9 Å². The van der Waals surface area contributed by atoms with Crippen molar-refractivity contribution >= 4 is 64.1 Å². The number of benzene rings is 4. The summed E-state index contributed by atoms with van der Waals surface area (Å²) in [5.41, 5.74) is 8.43. The largest absolute Gasteiger partial charge is 0.0371 e. The molecule has 57 heavy (non-hydrogen) atoms. The van der Waals surface area contributed by atoms with Gasteiger partial charge in [0.2, 0.25) is 0 Å². The zero-order chi connectivity index (χ0) is 38.6. The van der Waals surface area contributed by atoms with Crippen LogP contribution < -0.4 is 28.4 Å². The number of ether oxygens (including phenoxy) is 1. The van der Waals surface area contributed by atoms with Gasteiger partial charge in [-0.05, 0) is 34.2 Å². The molecule has 0 N–H and O–H groups in total. The summed E-state index contributed by atoms with van der Waals surface area (Å²) in [7, 11) is 0. The molecule has 288 valence electrons. The molecule has 0 saturated heterocycles. The van der Waals surface area contributed by atoms with Crippen LogP contribution in [0, 0.1) is 18.8 Å². The Hall–Kier alpha value is -5.26. The van der Waals surface area contributed by atoms with E-state index in [9.17, 15) is 0 Å². The molecule has 7 nitrogen and oxygen atoms in total. The van der Waals surface area contributed by atoms with E-state index >= 15 is 0 Å². The standard InChI is InChI=1S/C48H41N6OSe.Pt/c1-47(2,3)34-21-24-49-44(28-34)54-41-30-39(19-20-42(41)56-43-18-12-23-51-46(43)54)55-38-16-10-15-36(29-38)52-31-53(45-40(52)17-11-22-50-45)37-26-33(32-13-8-7-9-14-32)25-35(27-37)48(4,5)6;/h7-28,31H,1-6H3;/q-3;. The minimum atomic E-state index is -0.0516. The van der Waals surface area contributed by atoms with Crippen LogP contribution in [-0.4, -0.2) is 29.9 Å². The van der Waals surface area contributed by atoms with Crippen LogP contribution in [0.4, 0.5) is 40.2 Å². The third kappa shape index (κ3) is 7.62. The number of fused-ring (bicyclic) bond motifs is 3. The van der Waals surface area contributed by atoms with Crippen LogP contribution in [0.1, 0.15) is 52.7 Å². The normalized spacial score (nSPS) is 13.4. The second-order valence-corrected chi connectivity index (χ2v) is 18.3. The Labute approximate surface area is 356 Å². The maximum absolute atomic E-state index is 6.57. The minimum Gasteiger partial charge on any atom is -0.0371 e. The van der Waals surface area contributed by atoms with Gasteiger partial charge in [-0.25, -0.2) is 0 Å². The number of rotatable bonds is 6. The molecule has 4 aromatic carbocycles. The van der Waals surface area contributed by atoms with Crippen molar-refractivity contribution < 1.29 is 25.8 Å². The predicted octanol–water partition coefficient (Wildman–Crippen LogP) is 10.4. The molecular formula is C48H41N6OPtSe-3. The van der Waals surface area contributed by atoms with Crippen LogP contribution in [0.2, 0.25) is 0 Å². The number of anilines is 7. The zero-order valence-electron chi connectivity index (χ0n) is 32.6. The second-order valence-electron chi connectivity index (χ2n) is 16.0. The number of pyridine rings is 3. The van der Waals surface area contributed by atoms with Crippen LogP contribution in [0.3, 0.4) is 0 Å². The summed E-state index contributed by atoms with van der Waals surface area (Å²) in [5, 5.41) is 0. The van der Waals surface area contributed by atoms with Gasteiger partial charge in [0.15, 0.2) is 0 Å². The Kier molecular flexibility index (Phi) is 10.3. The van der Waals surface area contributed by atoms with Crippen molar-refractivity contribution in [3.8, 4) is 22.6 Å². The Balaban J connectivity index is 0.00000455. The van der Waals surface area contributed by atoms with Gasteiger partial charge in [0.05, 0.1) is 0 Å². The molecule has 0 spiro atoms. The Morgan fingerprint density at radius 3 is 2.14 bits per heavy atom. The summed E-state index contributed by atoms with van der Waals surface area (Å²) in [6, 6.07) is 47.1. The molecule has 0 fully saturated rings. The fourth-order valence-electron chi connectivity index (χ4n) is 6.95. The summed E-state index contributed by atoms with van der Waals surface area (Å²) in [6.07, 6.45) is 5.57. The maximum Gasteiger partial charge on any atom is 0 e. The summed E-state index contributed by atoms with van der Waals surface area (Å²) in [5.74, 6) is 3.70. The van der Waals surface area contributed by atoms with Gasteiger partial charge in [0.1, 0.15) is 0 Å². The topological polar surface area (TPSA) is 57.6 Å². The third-order valence-corrected chi connectivity index (χ3v) is 12.3. The molecule has 7 aromatic rings. The van der Waals surface area contributed by atoms with Gasteiger partial charge in [0.25, 0.3) is 0 Å². The molecule has 9 heteroatoms. The van der Waals surface area contributed by atoms with E-state index in [1.54, 1.807) is 0 Å². The monoisotopic (exact) mass is 992 g/mol. The molecule has 0 aliphatic carbocycles. The smallest absolute Gasteiger partial charge is 0 e. The van der Waals surface area contributed by atoms with Crippen LogP contribution in [-0.2, 0) is 31.9 Å². The Morgan fingerprint density at radius 2 is 1.35 bits per heavy atom. The van der Waals surface area contributed by atoms with E-state index < -0.39 is 0 Å². The average molecular weight is 992 g/mol. The summed E-state index contributed by atoms with van der Waals surface area (Å²) < 4.78 is 8.96. The number of hydrogen-bond donors (Lipinski definition) is 0. The fraction of sp³-hybridized carbons (Fsp3) is 0.167. The van der Waals surface area contributed by atoms with E-state index in [1.165, 1.54) is 25.6 Å². The van der Waals surface area contributed by atoms with Crippen molar-refractivity contribution in [2.75, 3.05) is 14.7 Å². The van der Waals surface area contributed by atoms with Gasteiger partial charge in [0, 0.05) is 27.3 Å². The van der Waals surface area contributed by atoms with Gasteiger partial charge in [-0.2, -0.15) is 0 Å². The van der Waals surface area contributed by atoms with Crippen molar-refractivity contribution in [2.45, 2.75) is 52.4 Å². The Bertz CT molecular complexity index is 2580. The third-order valence-electron chi connectivity index (χ3n) is 9.99. The molecule has 5 heterocycles. The zero-order valence-corrected chi connectivity index (χ0v) is 36.6. The number of aromatic nitrogens is 3. The number of nitrogens with zero attached hydrogens (tertiary/aromatic N) is 6. The van der Waals surface area contributed by atoms with Crippen LogP contribution in [0.25, 0.3) is 11.1 Å². The Morgan fingerprint density at radius 1 is 0.596 bits per heavy atom. The van der Waals surface area contributed by atoms with Gasteiger partial charge < -0.3 is 0 Å². The molecule has 9 rings (SSSR count). The molecule has 0 bridgehead atoms. The van der Waals surface area contributed by atoms with E-state index in [2.05, 4.69) is 154 Å². The molecule has 2 aliphatic rings. The van der Waals surface area contributed by atoms with Crippen LogP contribution in [0.15, 0.2) is 134 Å². The molecule has 0 amide bonds. The molecule has 3 aromatic heterocycles. The van der Waals surface area contributed by atoms with Crippen molar-refractivity contribution in [3.63, 3.8) is 0 Å². The fourth-order valence-corrected chi connectivity index (χ4v) is 9.04. The van der Waals surface area contributed by atoms with Crippen molar-refractivity contribution in [1.29, 1.82) is 0 Å². The molecular weight excluding hydrogens is 951 g/mol. The van der Waals surface area contributed by atoms with Crippen LogP contribution in [0.5, 0.6) is 11.5 Å². The minimum absolute atomic E-state index is 0. The van der Waals surface area contributed by atoms with Gasteiger partial charge in [-0.1, -0.05) is 57.2 Å². The first kappa shape index (κ1) is 38.6. The molecule has 2 aliphatic heterocycles. The van der Waals surface area contributed by atoms with E-state index in [0.29, 0.717) is 11.5 Å². The average Bonchev–Trinajstić information content (AvgIpc) is 3.60. The summed E-state index contributed by atoms with van der Waals surface area (Å²) >= 11 is 0.0469. The van der Waals surface area contributed by atoms with Gasteiger partial charge in [-0.3, -0.25) is 0 Å². The summed E-state index contributed by atoms with van der Waals surface area (Å²) in [6.45, 7) is 15.5. The first-order valence-corrected chi connectivity index (χ1v) is 20.5. The van der Waals surface area contributed by atoms with E-state index in [1.807, 2.05) is 55.0 Å². The van der Waals surface area contributed by atoms with Gasteiger partial charge >= 0.3 is 240 Å². The van der Waals surface area contributed by atoms with Gasteiger partial charge in [-0.15, -0.1) is 0 Å². The van der Waals surface area contributed by atoms with Crippen molar-refractivity contribution in [3.05, 3.63) is 164 Å². The molecule has 0 unspecified atom stereocenters. The SMILES string of the molecule is CC(C)(C)c1cc(-c2ccccc2)cc(N2[CH-]N(c3[c-]c(Oc4[c-]c5c(cc4)[Se]c4cccnc4N5c4cc(C(C)(C)C)ccn4)ccc3)c3cccnc32)c1.[Pt]. The van der Waals surface area contributed by atoms with E-state index in [4.69, 9.17) is 19.7 Å². The van der Waals surface area contributed by atoms with E-state index in [0.717, 1.165) is 45.8 Å².